The lowest BCUT2D eigenvalue weighted by molar-refractivity contribution is -0.124. The second kappa shape index (κ2) is 10.3. The standard InChI is InChI=1S/C22H24N2O4/c25-21(24-14-12-17-7-2-1-3-8-17)16-27-22(26)19-10-4-5-11-20(19)28-18-9-6-13-23-15-18/h4-7,9-11,13,15H,1-3,8,12,14,16H2,(H,24,25). The zero-order chi connectivity index (χ0) is 19.6. The number of hydrogen-bond acceptors (Lipinski definition) is 5. The minimum absolute atomic E-state index is 0.256. The number of para-hydroxylation sites is 1. The highest BCUT2D eigenvalue weighted by Gasteiger charge is 2.16. The Kier molecular flexibility index (Phi) is 7.18. The van der Waals surface area contributed by atoms with Gasteiger partial charge < -0.3 is 14.8 Å². The number of ether oxygens (including phenoxy) is 2. The maximum Gasteiger partial charge on any atom is 0.342 e. The molecule has 0 spiro atoms. The zero-order valence-corrected chi connectivity index (χ0v) is 15.7. The second-order valence-corrected chi connectivity index (χ2v) is 6.57. The summed E-state index contributed by atoms with van der Waals surface area (Å²) in [6, 6.07) is 10.2. The van der Waals surface area contributed by atoms with E-state index in [0.29, 0.717) is 18.0 Å². The Labute approximate surface area is 164 Å². The first-order chi connectivity index (χ1) is 13.7. The van der Waals surface area contributed by atoms with Crippen molar-refractivity contribution in [2.75, 3.05) is 13.2 Å². The fourth-order valence-corrected chi connectivity index (χ4v) is 3.01. The van der Waals surface area contributed by atoms with Gasteiger partial charge in [-0.1, -0.05) is 23.8 Å². The molecule has 3 rings (SSSR count). The summed E-state index contributed by atoms with van der Waals surface area (Å²) in [7, 11) is 0. The fourth-order valence-electron chi connectivity index (χ4n) is 3.01. The molecule has 0 saturated heterocycles. The van der Waals surface area contributed by atoms with Crippen LogP contribution in [0.25, 0.3) is 0 Å². The third kappa shape index (κ3) is 5.94. The van der Waals surface area contributed by atoms with Gasteiger partial charge in [-0.05, 0) is 56.4 Å². The molecule has 1 aliphatic carbocycles. The van der Waals surface area contributed by atoms with Crippen LogP contribution in [-0.4, -0.2) is 30.0 Å². The molecule has 6 heteroatoms. The van der Waals surface area contributed by atoms with Gasteiger partial charge in [0.25, 0.3) is 5.91 Å². The number of amides is 1. The zero-order valence-electron chi connectivity index (χ0n) is 15.7. The molecule has 1 amide bonds. The Hall–Kier alpha value is -3.15. The number of rotatable bonds is 8. The van der Waals surface area contributed by atoms with Crippen molar-refractivity contribution < 1.29 is 19.1 Å². The Morgan fingerprint density at radius 3 is 2.79 bits per heavy atom. The molecule has 1 aromatic heterocycles. The number of carbonyl (C=O) groups is 2. The highest BCUT2D eigenvalue weighted by Crippen LogP contribution is 2.25. The molecule has 1 aromatic carbocycles. The number of pyridine rings is 1. The molecule has 2 aromatic rings. The van der Waals surface area contributed by atoms with E-state index in [-0.39, 0.29) is 18.1 Å². The van der Waals surface area contributed by atoms with Gasteiger partial charge >= 0.3 is 5.97 Å². The normalized spacial score (nSPS) is 13.4. The van der Waals surface area contributed by atoms with Gasteiger partial charge in [-0.25, -0.2) is 4.79 Å². The van der Waals surface area contributed by atoms with Gasteiger partial charge in [0, 0.05) is 12.7 Å². The highest BCUT2D eigenvalue weighted by molar-refractivity contribution is 5.94. The first-order valence-corrected chi connectivity index (χ1v) is 9.51. The van der Waals surface area contributed by atoms with Crippen molar-refractivity contribution in [3.8, 4) is 11.5 Å². The lowest BCUT2D eigenvalue weighted by atomic mass is 9.97. The van der Waals surface area contributed by atoms with Gasteiger partial charge in [-0.2, -0.15) is 0 Å². The Morgan fingerprint density at radius 2 is 2.00 bits per heavy atom. The predicted octanol–water partition coefficient (Wildman–Crippen LogP) is 4.04. The maximum absolute atomic E-state index is 12.4. The van der Waals surface area contributed by atoms with Crippen LogP contribution in [0.3, 0.4) is 0 Å². The van der Waals surface area contributed by atoms with Gasteiger partial charge in [0.1, 0.15) is 17.1 Å². The molecule has 1 aliphatic rings. The molecule has 0 bridgehead atoms. The predicted molar refractivity (Wildman–Crippen MR) is 105 cm³/mol. The van der Waals surface area contributed by atoms with Gasteiger partial charge in [-0.15, -0.1) is 0 Å². The number of nitrogens with one attached hydrogen (secondary N) is 1. The molecule has 1 N–H and O–H groups in total. The van der Waals surface area contributed by atoms with Gasteiger partial charge in [-0.3, -0.25) is 9.78 Å². The summed E-state index contributed by atoms with van der Waals surface area (Å²) >= 11 is 0. The van der Waals surface area contributed by atoms with E-state index < -0.39 is 5.97 Å². The van der Waals surface area contributed by atoms with Crippen molar-refractivity contribution >= 4 is 11.9 Å². The SMILES string of the molecule is O=C(COC(=O)c1ccccc1Oc1cccnc1)NCCC1=CCCCC1. The number of esters is 1. The number of benzene rings is 1. The average molecular weight is 380 g/mol. The molecule has 0 unspecified atom stereocenters. The number of nitrogens with zero attached hydrogens (tertiary/aromatic N) is 1. The first kappa shape index (κ1) is 19.6. The van der Waals surface area contributed by atoms with Crippen molar-refractivity contribution in [1.82, 2.24) is 10.3 Å². The topological polar surface area (TPSA) is 77.5 Å². The molecule has 146 valence electrons. The van der Waals surface area contributed by atoms with Gasteiger partial charge in [0.2, 0.25) is 0 Å². The smallest absolute Gasteiger partial charge is 0.342 e. The van der Waals surface area contributed by atoms with Crippen molar-refractivity contribution in [1.29, 1.82) is 0 Å². The van der Waals surface area contributed by atoms with Crippen LogP contribution in [0.15, 0.2) is 60.4 Å². The van der Waals surface area contributed by atoms with Crippen molar-refractivity contribution in [2.24, 2.45) is 0 Å². The summed E-state index contributed by atoms with van der Waals surface area (Å²) in [4.78, 5) is 28.3. The van der Waals surface area contributed by atoms with Crippen molar-refractivity contribution in [2.45, 2.75) is 32.1 Å². The van der Waals surface area contributed by atoms with E-state index in [1.165, 1.54) is 18.4 Å². The summed E-state index contributed by atoms with van der Waals surface area (Å²) in [6.07, 6.45) is 11.0. The summed E-state index contributed by atoms with van der Waals surface area (Å²) in [6.45, 7) is 0.238. The molecule has 0 radical (unpaired) electrons. The van der Waals surface area contributed by atoms with Crippen LogP contribution >= 0.6 is 0 Å². The van der Waals surface area contributed by atoms with Gasteiger partial charge in [0.15, 0.2) is 6.61 Å². The average Bonchev–Trinajstić information content (AvgIpc) is 2.74. The summed E-state index contributed by atoms with van der Waals surface area (Å²) in [5, 5.41) is 2.79. The van der Waals surface area contributed by atoms with E-state index >= 15 is 0 Å². The van der Waals surface area contributed by atoms with Crippen LogP contribution in [0, 0.1) is 0 Å². The monoisotopic (exact) mass is 380 g/mol. The molecule has 6 nitrogen and oxygen atoms in total. The highest BCUT2D eigenvalue weighted by atomic mass is 16.5. The van der Waals surface area contributed by atoms with E-state index in [4.69, 9.17) is 9.47 Å². The quantitative estimate of drug-likeness (QED) is 0.552. The Morgan fingerprint density at radius 1 is 1.11 bits per heavy atom. The molecule has 0 saturated carbocycles. The fraction of sp³-hybridized carbons (Fsp3) is 0.318. The largest absolute Gasteiger partial charge is 0.455 e. The van der Waals surface area contributed by atoms with Gasteiger partial charge in [0.05, 0.1) is 6.20 Å². The molecular formula is C22H24N2O4. The van der Waals surface area contributed by atoms with E-state index in [1.807, 2.05) is 0 Å². The van der Waals surface area contributed by atoms with E-state index in [0.717, 1.165) is 19.3 Å². The lowest BCUT2D eigenvalue weighted by Crippen LogP contribution is -2.30. The first-order valence-electron chi connectivity index (χ1n) is 9.51. The third-order valence-electron chi connectivity index (χ3n) is 4.46. The number of allylic oxidation sites excluding steroid dienone is 1. The number of carbonyl (C=O) groups excluding carboxylic acids is 2. The van der Waals surface area contributed by atoms with Crippen LogP contribution < -0.4 is 10.1 Å². The van der Waals surface area contributed by atoms with E-state index in [2.05, 4.69) is 16.4 Å². The molecule has 0 fully saturated rings. The lowest BCUT2D eigenvalue weighted by Gasteiger charge is -2.13. The Balaban J connectivity index is 1.48. The maximum atomic E-state index is 12.4. The Bertz CT molecular complexity index is 833. The molecular weight excluding hydrogens is 356 g/mol. The third-order valence-corrected chi connectivity index (χ3v) is 4.46. The molecule has 28 heavy (non-hydrogen) atoms. The van der Waals surface area contributed by atoms with Crippen LogP contribution in [0.1, 0.15) is 42.5 Å². The number of hydrogen-bond donors (Lipinski definition) is 1. The second-order valence-electron chi connectivity index (χ2n) is 6.57. The molecule has 0 aliphatic heterocycles. The summed E-state index contributed by atoms with van der Waals surface area (Å²) < 4.78 is 10.8. The van der Waals surface area contributed by atoms with Crippen LogP contribution in [-0.2, 0) is 9.53 Å². The van der Waals surface area contributed by atoms with Crippen molar-refractivity contribution in [3.63, 3.8) is 0 Å². The minimum atomic E-state index is -0.607. The molecule has 0 atom stereocenters. The van der Waals surface area contributed by atoms with E-state index in [9.17, 15) is 9.59 Å². The van der Waals surface area contributed by atoms with E-state index in [1.54, 1.807) is 48.8 Å². The van der Waals surface area contributed by atoms with Crippen molar-refractivity contribution in [3.05, 3.63) is 66.0 Å². The molecule has 1 heterocycles. The van der Waals surface area contributed by atoms with Crippen LogP contribution in [0.2, 0.25) is 0 Å². The number of aromatic nitrogens is 1. The minimum Gasteiger partial charge on any atom is -0.455 e. The summed E-state index contributed by atoms with van der Waals surface area (Å²) in [5.74, 6) is -0.0531. The summed E-state index contributed by atoms with van der Waals surface area (Å²) in [5.41, 5.74) is 1.65. The van der Waals surface area contributed by atoms with Crippen LogP contribution in [0.4, 0.5) is 0 Å². The van der Waals surface area contributed by atoms with Crippen LogP contribution in [0.5, 0.6) is 11.5 Å².